The lowest BCUT2D eigenvalue weighted by Gasteiger charge is -2.42. The molecule has 0 bridgehead atoms. The van der Waals surface area contributed by atoms with E-state index < -0.39 is 38.0 Å². The average molecular weight is 287 g/mol. The average Bonchev–Trinajstić information content (AvgIpc) is 2.56. The molecule has 0 aromatic heterocycles. The molecule has 3 N–H and O–H groups in total. The third-order valence-corrected chi connectivity index (χ3v) is 10.6. The van der Waals surface area contributed by atoms with Crippen LogP contribution in [0.15, 0.2) is 0 Å². The Bertz CT molecular complexity index is 361. The molecule has 0 radical (unpaired) electrons. The molecular weight excluding hydrogens is 262 g/mol. The fourth-order valence-corrected chi connectivity index (χ4v) is 4.67. The van der Waals surface area contributed by atoms with Crippen molar-refractivity contribution in [3.8, 4) is 6.07 Å². The molecule has 0 aromatic carbocycles. The molecule has 5 nitrogen and oxygen atoms in total. The molecule has 0 spiro atoms. The highest BCUT2D eigenvalue weighted by Gasteiger charge is 2.53. The van der Waals surface area contributed by atoms with E-state index in [1.807, 2.05) is 0 Å². The van der Waals surface area contributed by atoms with Crippen molar-refractivity contribution in [2.45, 2.75) is 68.9 Å². The van der Waals surface area contributed by atoms with E-state index in [-0.39, 0.29) is 11.6 Å². The molecule has 6 heteroatoms. The standard InChI is InChI=1S/C13H25NO4Si/c1-13(2,3)19(4,5)9(6-14)12-11(17)10(16)8(7-15)18-12/h8-12,15-17H,7H2,1-5H3/t8-,9?,10-,11-,12+/m1/s1. The maximum Gasteiger partial charge on any atom is 0.111 e. The van der Waals surface area contributed by atoms with Gasteiger partial charge in [0.2, 0.25) is 0 Å². The number of nitriles is 1. The van der Waals surface area contributed by atoms with Crippen molar-refractivity contribution in [3.05, 3.63) is 0 Å². The van der Waals surface area contributed by atoms with Crippen LogP contribution in [0.5, 0.6) is 0 Å². The molecule has 1 unspecified atom stereocenters. The van der Waals surface area contributed by atoms with E-state index in [2.05, 4.69) is 39.9 Å². The van der Waals surface area contributed by atoms with Crippen LogP contribution < -0.4 is 0 Å². The van der Waals surface area contributed by atoms with Gasteiger partial charge in [0.15, 0.2) is 0 Å². The maximum absolute atomic E-state index is 10.1. The third kappa shape index (κ3) is 2.85. The Morgan fingerprint density at radius 3 is 2.11 bits per heavy atom. The molecule has 1 rings (SSSR count). The topological polar surface area (TPSA) is 93.7 Å². The molecule has 0 aliphatic carbocycles. The van der Waals surface area contributed by atoms with Crippen molar-refractivity contribution in [1.82, 2.24) is 0 Å². The summed E-state index contributed by atoms with van der Waals surface area (Å²) in [6.07, 6.45) is -3.77. The quantitative estimate of drug-likeness (QED) is 0.670. The fourth-order valence-electron chi connectivity index (χ4n) is 2.32. The molecule has 1 fully saturated rings. The summed E-state index contributed by atoms with van der Waals surface area (Å²) >= 11 is 0. The van der Waals surface area contributed by atoms with Crippen LogP contribution in [0.25, 0.3) is 0 Å². The lowest BCUT2D eigenvalue weighted by atomic mass is 10.1. The van der Waals surface area contributed by atoms with Gasteiger partial charge < -0.3 is 20.1 Å². The van der Waals surface area contributed by atoms with Crippen LogP contribution in [-0.4, -0.2) is 54.4 Å². The number of ether oxygens (including phenoxy) is 1. The van der Waals surface area contributed by atoms with Gasteiger partial charge in [0.25, 0.3) is 0 Å². The minimum atomic E-state index is -2.05. The highest BCUT2D eigenvalue weighted by Crippen LogP contribution is 2.47. The predicted molar refractivity (Wildman–Crippen MR) is 74.3 cm³/mol. The van der Waals surface area contributed by atoms with Crippen LogP contribution in [0.4, 0.5) is 0 Å². The Balaban J connectivity index is 3.04. The van der Waals surface area contributed by atoms with Crippen LogP contribution in [-0.2, 0) is 4.74 Å². The summed E-state index contributed by atoms with van der Waals surface area (Å²) in [5.74, 6) is 0. The highest BCUT2D eigenvalue weighted by atomic mass is 28.3. The van der Waals surface area contributed by atoms with E-state index in [0.717, 1.165) is 0 Å². The first-order valence-corrected chi connectivity index (χ1v) is 9.67. The number of rotatable bonds is 3. The van der Waals surface area contributed by atoms with Gasteiger partial charge in [-0.05, 0) is 5.04 Å². The zero-order valence-corrected chi connectivity index (χ0v) is 13.3. The van der Waals surface area contributed by atoms with Gasteiger partial charge in [0, 0.05) is 0 Å². The first-order chi connectivity index (χ1) is 8.57. The zero-order valence-electron chi connectivity index (χ0n) is 12.3. The SMILES string of the molecule is CC(C)(C)[Si](C)(C)C(C#N)[C@@H]1O[C@H](CO)[C@@H](O)[C@H]1O. The Labute approximate surface area is 115 Å². The largest absolute Gasteiger partial charge is 0.394 e. The molecule has 0 aromatic rings. The van der Waals surface area contributed by atoms with Gasteiger partial charge in [-0.3, -0.25) is 0 Å². The molecule has 5 atom stereocenters. The number of hydrogen-bond donors (Lipinski definition) is 3. The minimum absolute atomic E-state index is 0.0290. The number of hydrogen-bond acceptors (Lipinski definition) is 5. The van der Waals surface area contributed by atoms with Crippen molar-refractivity contribution < 1.29 is 20.1 Å². The molecule has 1 saturated heterocycles. The van der Waals surface area contributed by atoms with Gasteiger partial charge in [-0.15, -0.1) is 0 Å². The Morgan fingerprint density at radius 1 is 1.26 bits per heavy atom. The first-order valence-electron chi connectivity index (χ1n) is 6.60. The van der Waals surface area contributed by atoms with Crippen LogP contribution >= 0.6 is 0 Å². The Hall–Kier alpha value is -0.453. The van der Waals surface area contributed by atoms with Crippen LogP contribution in [0.3, 0.4) is 0 Å². The van der Waals surface area contributed by atoms with Gasteiger partial charge in [-0.2, -0.15) is 5.26 Å². The summed E-state index contributed by atoms with van der Waals surface area (Å²) in [6.45, 7) is 10.1. The number of aliphatic hydroxyl groups excluding tert-OH is 3. The number of aliphatic hydroxyl groups is 3. The second-order valence-electron chi connectivity index (χ2n) is 6.88. The maximum atomic E-state index is 10.1. The molecule has 0 amide bonds. The fraction of sp³-hybridized carbons (Fsp3) is 0.923. The highest BCUT2D eigenvalue weighted by molar-refractivity contribution is 6.82. The van der Waals surface area contributed by atoms with Gasteiger partial charge >= 0.3 is 0 Å². The van der Waals surface area contributed by atoms with Crippen molar-refractivity contribution in [3.63, 3.8) is 0 Å². The summed E-state index contributed by atoms with van der Waals surface area (Å²) in [5.41, 5.74) is -0.436. The van der Waals surface area contributed by atoms with Gasteiger partial charge in [-0.1, -0.05) is 33.9 Å². The van der Waals surface area contributed by atoms with E-state index in [0.29, 0.717) is 0 Å². The smallest absolute Gasteiger partial charge is 0.111 e. The third-order valence-electron chi connectivity index (χ3n) is 4.76. The van der Waals surface area contributed by atoms with Crippen molar-refractivity contribution >= 4 is 8.07 Å². The molecule has 19 heavy (non-hydrogen) atoms. The van der Waals surface area contributed by atoms with E-state index in [1.54, 1.807) is 0 Å². The van der Waals surface area contributed by atoms with Crippen molar-refractivity contribution in [2.75, 3.05) is 6.61 Å². The lowest BCUT2D eigenvalue weighted by Crippen LogP contribution is -2.49. The molecular formula is C13H25NO4Si. The Kier molecular flexibility index (Phi) is 4.81. The monoisotopic (exact) mass is 287 g/mol. The van der Waals surface area contributed by atoms with Crippen LogP contribution in [0.1, 0.15) is 20.8 Å². The molecule has 110 valence electrons. The molecule has 1 aliphatic rings. The van der Waals surface area contributed by atoms with E-state index in [4.69, 9.17) is 9.84 Å². The predicted octanol–water partition coefficient (Wildman–Crippen LogP) is 0.870. The molecule has 0 saturated carbocycles. The summed E-state index contributed by atoms with van der Waals surface area (Å²) in [5, 5.41) is 38.5. The zero-order chi connectivity index (χ0) is 15.0. The lowest BCUT2D eigenvalue weighted by molar-refractivity contribution is -0.0210. The van der Waals surface area contributed by atoms with Crippen LogP contribution in [0.2, 0.25) is 23.7 Å². The second kappa shape index (κ2) is 5.50. The van der Waals surface area contributed by atoms with E-state index in [1.165, 1.54) is 0 Å². The van der Waals surface area contributed by atoms with Gasteiger partial charge in [0.05, 0.1) is 32.4 Å². The second-order valence-corrected chi connectivity index (χ2v) is 12.4. The first kappa shape index (κ1) is 16.6. The minimum Gasteiger partial charge on any atom is -0.394 e. The van der Waals surface area contributed by atoms with Gasteiger partial charge in [0.1, 0.15) is 18.3 Å². The summed E-state index contributed by atoms with van der Waals surface area (Å²) < 4.78 is 5.53. The van der Waals surface area contributed by atoms with Crippen molar-refractivity contribution in [1.29, 1.82) is 5.26 Å². The summed E-state index contributed by atoms with van der Waals surface area (Å²) in [7, 11) is -2.05. The Morgan fingerprint density at radius 2 is 1.79 bits per heavy atom. The summed E-state index contributed by atoms with van der Waals surface area (Å²) in [4.78, 5) is 0. The van der Waals surface area contributed by atoms with E-state index >= 15 is 0 Å². The van der Waals surface area contributed by atoms with E-state index in [9.17, 15) is 15.5 Å². The number of nitrogens with zero attached hydrogens (tertiary/aromatic N) is 1. The van der Waals surface area contributed by atoms with Gasteiger partial charge in [-0.25, -0.2) is 0 Å². The normalized spacial score (nSPS) is 34.1. The summed E-state index contributed by atoms with van der Waals surface area (Å²) in [6, 6.07) is 2.27. The molecule has 1 heterocycles. The molecule has 1 aliphatic heterocycles. The van der Waals surface area contributed by atoms with Crippen LogP contribution in [0, 0.1) is 11.3 Å². The van der Waals surface area contributed by atoms with Crippen molar-refractivity contribution in [2.24, 2.45) is 0 Å².